The molecule has 0 unspecified atom stereocenters. The lowest BCUT2D eigenvalue weighted by atomic mass is 10.2. The van der Waals surface area contributed by atoms with Crippen molar-refractivity contribution in [1.29, 1.82) is 0 Å². The van der Waals surface area contributed by atoms with E-state index in [9.17, 15) is 9.90 Å². The maximum atomic E-state index is 10.6. The molecule has 0 radical (unpaired) electrons. The van der Waals surface area contributed by atoms with Gasteiger partial charge in [-0.25, -0.2) is 0 Å². The highest BCUT2D eigenvalue weighted by atomic mass is 16.5. The van der Waals surface area contributed by atoms with Gasteiger partial charge in [-0.15, -0.1) is 0 Å². The van der Waals surface area contributed by atoms with Crippen molar-refractivity contribution in [3.8, 4) is 17.2 Å². The standard InChI is InChI=1S/C15H14O4/c1-18-13-4-2-3-11(7-13)10-19-14-6-5-12(9-16)15(17)8-14/h2-9,17H,10H2,1H3. The number of benzene rings is 2. The zero-order valence-electron chi connectivity index (χ0n) is 10.5. The first-order chi connectivity index (χ1) is 9.22. The van der Waals surface area contributed by atoms with Gasteiger partial charge in [0.1, 0.15) is 23.9 Å². The minimum atomic E-state index is -0.0851. The zero-order valence-corrected chi connectivity index (χ0v) is 10.5. The third kappa shape index (κ3) is 3.25. The summed E-state index contributed by atoms with van der Waals surface area (Å²) in [4.78, 5) is 10.6. The summed E-state index contributed by atoms with van der Waals surface area (Å²) < 4.78 is 10.7. The molecule has 0 bridgehead atoms. The number of carbonyl (C=O) groups excluding carboxylic acids is 1. The molecule has 0 aromatic heterocycles. The minimum Gasteiger partial charge on any atom is -0.507 e. The highest BCUT2D eigenvalue weighted by molar-refractivity contribution is 5.79. The molecule has 0 saturated heterocycles. The highest BCUT2D eigenvalue weighted by Gasteiger charge is 2.03. The summed E-state index contributed by atoms with van der Waals surface area (Å²) in [6, 6.07) is 12.1. The first-order valence-electron chi connectivity index (χ1n) is 5.77. The Bertz CT molecular complexity index is 578. The van der Waals surface area contributed by atoms with E-state index < -0.39 is 0 Å². The van der Waals surface area contributed by atoms with Crippen molar-refractivity contribution >= 4 is 6.29 Å². The molecule has 0 aliphatic rings. The molecule has 0 atom stereocenters. The molecule has 0 amide bonds. The van der Waals surface area contributed by atoms with Gasteiger partial charge in [0.05, 0.1) is 12.7 Å². The highest BCUT2D eigenvalue weighted by Crippen LogP contribution is 2.23. The van der Waals surface area contributed by atoms with Crippen LogP contribution >= 0.6 is 0 Å². The van der Waals surface area contributed by atoms with Gasteiger partial charge in [-0.05, 0) is 29.8 Å². The summed E-state index contributed by atoms with van der Waals surface area (Å²) in [5, 5.41) is 9.54. The van der Waals surface area contributed by atoms with Gasteiger partial charge >= 0.3 is 0 Å². The van der Waals surface area contributed by atoms with E-state index >= 15 is 0 Å². The molecule has 2 aromatic carbocycles. The maximum Gasteiger partial charge on any atom is 0.153 e. The molecule has 2 rings (SSSR count). The number of aldehydes is 1. The van der Waals surface area contributed by atoms with E-state index in [-0.39, 0.29) is 11.3 Å². The van der Waals surface area contributed by atoms with Crippen LogP contribution < -0.4 is 9.47 Å². The minimum absolute atomic E-state index is 0.0851. The number of phenolic OH excluding ortho intramolecular Hbond substituents is 1. The fourth-order valence-electron chi connectivity index (χ4n) is 1.64. The number of rotatable bonds is 5. The lowest BCUT2D eigenvalue weighted by Gasteiger charge is -2.08. The van der Waals surface area contributed by atoms with E-state index in [1.165, 1.54) is 12.1 Å². The lowest BCUT2D eigenvalue weighted by Crippen LogP contribution is -1.96. The lowest BCUT2D eigenvalue weighted by molar-refractivity contribution is 0.112. The van der Waals surface area contributed by atoms with Crippen molar-refractivity contribution in [2.75, 3.05) is 7.11 Å². The van der Waals surface area contributed by atoms with E-state index in [4.69, 9.17) is 9.47 Å². The van der Waals surface area contributed by atoms with Crippen molar-refractivity contribution < 1.29 is 19.4 Å². The van der Waals surface area contributed by atoms with E-state index in [0.717, 1.165) is 11.3 Å². The summed E-state index contributed by atoms with van der Waals surface area (Å²) >= 11 is 0. The zero-order chi connectivity index (χ0) is 13.7. The van der Waals surface area contributed by atoms with E-state index in [2.05, 4.69) is 0 Å². The van der Waals surface area contributed by atoms with Crippen LogP contribution in [0.3, 0.4) is 0 Å². The molecule has 0 aliphatic carbocycles. The SMILES string of the molecule is COc1cccc(COc2ccc(C=O)c(O)c2)c1. The summed E-state index contributed by atoms with van der Waals surface area (Å²) in [5.41, 5.74) is 1.20. The van der Waals surface area contributed by atoms with Gasteiger partial charge < -0.3 is 14.6 Å². The van der Waals surface area contributed by atoms with Crippen LogP contribution in [0.2, 0.25) is 0 Å². The first kappa shape index (κ1) is 13.0. The third-order valence-corrected chi connectivity index (χ3v) is 2.67. The Morgan fingerprint density at radius 1 is 1.16 bits per heavy atom. The Labute approximate surface area is 111 Å². The fourth-order valence-corrected chi connectivity index (χ4v) is 1.64. The van der Waals surface area contributed by atoms with Gasteiger partial charge in [-0.2, -0.15) is 0 Å². The molecule has 0 fully saturated rings. The third-order valence-electron chi connectivity index (χ3n) is 2.67. The maximum absolute atomic E-state index is 10.6. The van der Waals surface area contributed by atoms with Crippen molar-refractivity contribution in [2.45, 2.75) is 6.61 Å². The average molecular weight is 258 g/mol. The molecule has 4 heteroatoms. The number of ether oxygens (including phenoxy) is 2. The summed E-state index contributed by atoms with van der Waals surface area (Å²) in [5.74, 6) is 1.18. The largest absolute Gasteiger partial charge is 0.507 e. The Morgan fingerprint density at radius 2 is 2.00 bits per heavy atom. The van der Waals surface area contributed by atoms with Gasteiger partial charge in [-0.3, -0.25) is 4.79 Å². The second kappa shape index (κ2) is 5.91. The molecule has 1 N–H and O–H groups in total. The van der Waals surface area contributed by atoms with E-state index in [1.54, 1.807) is 13.2 Å². The van der Waals surface area contributed by atoms with Crippen molar-refractivity contribution in [3.63, 3.8) is 0 Å². The van der Waals surface area contributed by atoms with Crippen molar-refractivity contribution in [2.24, 2.45) is 0 Å². The normalized spacial score (nSPS) is 9.95. The molecule has 2 aromatic rings. The summed E-state index contributed by atoms with van der Waals surface area (Å²) in [7, 11) is 1.61. The number of phenols is 1. The van der Waals surface area contributed by atoms with Crippen molar-refractivity contribution in [1.82, 2.24) is 0 Å². The van der Waals surface area contributed by atoms with Crippen LogP contribution in [0.5, 0.6) is 17.2 Å². The molecule has 19 heavy (non-hydrogen) atoms. The van der Waals surface area contributed by atoms with Crippen LogP contribution in [0.15, 0.2) is 42.5 Å². The Kier molecular flexibility index (Phi) is 4.03. The molecule has 0 heterocycles. The molecule has 4 nitrogen and oxygen atoms in total. The number of hydrogen-bond donors (Lipinski definition) is 1. The Hall–Kier alpha value is -2.49. The van der Waals surface area contributed by atoms with Gasteiger partial charge in [0.15, 0.2) is 6.29 Å². The second-order valence-corrected chi connectivity index (χ2v) is 3.98. The molecular formula is C15H14O4. The Morgan fingerprint density at radius 3 is 2.68 bits per heavy atom. The second-order valence-electron chi connectivity index (χ2n) is 3.98. The van der Waals surface area contributed by atoms with Gasteiger partial charge in [0, 0.05) is 6.07 Å². The number of carbonyl (C=O) groups is 1. The first-order valence-corrected chi connectivity index (χ1v) is 5.77. The number of methoxy groups -OCH3 is 1. The van der Waals surface area contributed by atoms with Gasteiger partial charge in [0.25, 0.3) is 0 Å². The topological polar surface area (TPSA) is 55.8 Å². The quantitative estimate of drug-likeness (QED) is 0.838. The van der Waals surface area contributed by atoms with Crippen LogP contribution in [-0.4, -0.2) is 18.5 Å². The van der Waals surface area contributed by atoms with Crippen LogP contribution in [0.4, 0.5) is 0 Å². The summed E-state index contributed by atoms with van der Waals surface area (Å²) in [6.07, 6.45) is 0.598. The van der Waals surface area contributed by atoms with E-state index in [0.29, 0.717) is 18.6 Å². The molecule has 98 valence electrons. The predicted molar refractivity (Wildman–Crippen MR) is 70.8 cm³/mol. The molecular weight excluding hydrogens is 244 g/mol. The monoisotopic (exact) mass is 258 g/mol. The smallest absolute Gasteiger partial charge is 0.153 e. The van der Waals surface area contributed by atoms with E-state index in [1.807, 2.05) is 24.3 Å². The van der Waals surface area contributed by atoms with Crippen LogP contribution in [0.1, 0.15) is 15.9 Å². The van der Waals surface area contributed by atoms with Crippen LogP contribution in [0.25, 0.3) is 0 Å². The predicted octanol–water partition coefficient (Wildman–Crippen LogP) is 2.79. The van der Waals surface area contributed by atoms with Crippen LogP contribution in [-0.2, 0) is 6.61 Å². The van der Waals surface area contributed by atoms with Gasteiger partial charge in [-0.1, -0.05) is 12.1 Å². The fraction of sp³-hybridized carbons (Fsp3) is 0.133. The Balaban J connectivity index is 2.05. The molecule has 0 spiro atoms. The number of aromatic hydroxyl groups is 1. The van der Waals surface area contributed by atoms with Gasteiger partial charge in [0.2, 0.25) is 0 Å². The van der Waals surface area contributed by atoms with Crippen LogP contribution in [0, 0.1) is 0 Å². The summed E-state index contributed by atoms with van der Waals surface area (Å²) in [6.45, 7) is 0.358. The molecule has 0 saturated carbocycles. The number of hydrogen-bond acceptors (Lipinski definition) is 4. The average Bonchev–Trinajstić information content (AvgIpc) is 2.45. The molecule has 0 aliphatic heterocycles. The van der Waals surface area contributed by atoms with Crippen molar-refractivity contribution in [3.05, 3.63) is 53.6 Å².